The molecule has 98 valence electrons. The van der Waals surface area contributed by atoms with Gasteiger partial charge in [-0.25, -0.2) is 0 Å². The van der Waals surface area contributed by atoms with Crippen molar-refractivity contribution in [3.05, 3.63) is 35.4 Å². The van der Waals surface area contributed by atoms with E-state index in [0.29, 0.717) is 6.04 Å². The molecule has 0 fully saturated rings. The molecular formula is C16H23NO. The van der Waals surface area contributed by atoms with Crippen molar-refractivity contribution >= 4 is 6.08 Å². The lowest BCUT2D eigenvalue weighted by Crippen LogP contribution is -2.24. The Labute approximate surface area is 110 Å². The van der Waals surface area contributed by atoms with Crippen molar-refractivity contribution in [1.82, 2.24) is 5.32 Å². The third kappa shape index (κ3) is 3.14. The van der Waals surface area contributed by atoms with E-state index in [1.807, 2.05) is 0 Å². The largest absolute Gasteiger partial charge is 0.487 e. The highest BCUT2D eigenvalue weighted by atomic mass is 16.5. The fraction of sp³-hybridized carbons (Fsp3) is 0.500. The number of para-hydroxylation sites is 1. The summed E-state index contributed by atoms with van der Waals surface area (Å²) in [5.41, 5.74) is 2.44. The molecular weight excluding hydrogens is 222 g/mol. The van der Waals surface area contributed by atoms with Crippen LogP contribution in [-0.2, 0) is 6.42 Å². The van der Waals surface area contributed by atoms with E-state index in [2.05, 4.69) is 63.4 Å². The standard InChI is InChI=1S/C16H23NO/c1-12(2)17-10-6-9-13-7-5-8-14-11-16(3,4)18-15(13)14/h5-9,12,17H,10-11H2,1-4H3. The van der Waals surface area contributed by atoms with E-state index in [0.717, 1.165) is 18.7 Å². The predicted molar refractivity (Wildman–Crippen MR) is 77.0 cm³/mol. The zero-order valence-corrected chi connectivity index (χ0v) is 11.8. The summed E-state index contributed by atoms with van der Waals surface area (Å²) < 4.78 is 6.03. The number of fused-ring (bicyclic) bond motifs is 1. The Morgan fingerprint density at radius 3 is 2.89 bits per heavy atom. The topological polar surface area (TPSA) is 21.3 Å². The molecule has 0 aliphatic carbocycles. The first-order valence-corrected chi connectivity index (χ1v) is 6.69. The lowest BCUT2D eigenvalue weighted by Gasteiger charge is -2.17. The summed E-state index contributed by atoms with van der Waals surface area (Å²) in [5, 5.41) is 3.37. The highest BCUT2D eigenvalue weighted by molar-refractivity contribution is 5.61. The summed E-state index contributed by atoms with van der Waals surface area (Å²) >= 11 is 0. The van der Waals surface area contributed by atoms with Crippen LogP contribution in [0.5, 0.6) is 5.75 Å². The molecule has 2 nitrogen and oxygen atoms in total. The van der Waals surface area contributed by atoms with Gasteiger partial charge < -0.3 is 10.1 Å². The number of hydrogen-bond donors (Lipinski definition) is 1. The molecule has 0 aromatic heterocycles. The summed E-state index contributed by atoms with van der Waals surface area (Å²) in [6, 6.07) is 6.91. The molecule has 18 heavy (non-hydrogen) atoms. The van der Waals surface area contributed by atoms with E-state index in [1.54, 1.807) is 0 Å². The third-order valence-electron chi connectivity index (χ3n) is 3.06. The van der Waals surface area contributed by atoms with Crippen molar-refractivity contribution in [2.75, 3.05) is 6.54 Å². The van der Waals surface area contributed by atoms with Crippen molar-refractivity contribution in [3.63, 3.8) is 0 Å². The number of ether oxygens (including phenoxy) is 1. The number of benzene rings is 1. The predicted octanol–water partition coefficient (Wildman–Crippen LogP) is 3.41. The van der Waals surface area contributed by atoms with Crippen molar-refractivity contribution < 1.29 is 4.74 Å². The molecule has 2 rings (SSSR count). The summed E-state index contributed by atoms with van der Waals surface area (Å²) in [5.74, 6) is 1.06. The Kier molecular flexibility index (Phi) is 3.76. The molecule has 1 aliphatic heterocycles. The lowest BCUT2D eigenvalue weighted by atomic mass is 10.0. The smallest absolute Gasteiger partial charge is 0.130 e. The molecule has 1 aliphatic rings. The van der Waals surface area contributed by atoms with E-state index in [1.165, 1.54) is 11.1 Å². The van der Waals surface area contributed by atoms with Crippen molar-refractivity contribution in [2.24, 2.45) is 0 Å². The number of hydrogen-bond acceptors (Lipinski definition) is 2. The van der Waals surface area contributed by atoms with E-state index < -0.39 is 0 Å². The van der Waals surface area contributed by atoms with Crippen molar-refractivity contribution in [3.8, 4) is 5.75 Å². The van der Waals surface area contributed by atoms with Crippen LogP contribution in [0.25, 0.3) is 6.08 Å². The Morgan fingerprint density at radius 2 is 2.17 bits per heavy atom. The van der Waals surface area contributed by atoms with Gasteiger partial charge in [-0.15, -0.1) is 0 Å². The van der Waals surface area contributed by atoms with Gasteiger partial charge in [0.05, 0.1) is 0 Å². The molecule has 0 unspecified atom stereocenters. The van der Waals surface area contributed by atoms with Crippen molar-refractivity contribution in [2.45, 2.75) is 45.8 Å². The van der Waals surface area contributed by atoms with Gasteiger partial charge in [0.1, 0.15) is 11.4 Å². The first-order valence-electron chi connectivity index (χ1n) is 6.69. The van der Waals surface area contributed by atoms with Gasteiger partial charge in [0, 0.05) is 24.6 Å². The number of nitrogens with one attached hydrogen (secondary N) is 1. The van der Waals surface area contributed by atoms with E-state index in [9.17, 15) is 0 Å². The maximum atomic E-state index is 6.03. The van der Waals surface area contributed by atoms with Crippen LogP contribution in [0, 0.1) is 0 Å². The first-order chi connectivity index (χ1) is 8.48. The highest BCUT2D eigenvalue weighted by Gasteiger charge is 2.30. The Balaban J connectivity index is 2.10. The normalized spacial score (nSPS) is 17.2. The molecule has 0 amide bonds. The highest BCUT2D eigenvalue weighted by Crippen LogP contribution is 2.37. The molecule has 1 aromatic carbocycles. The second-order valence-corrected chi connectivity index (χ2v) is 5.84. The average Bonchev–Trinajstić information content (AvgIpc) is 2.58. The van der Waals surface area contributed by atoms with Crippen LogP contribution in [0.15, 0.2) is 24.3 Å². The summed E-state index contributed by atoms with van der Waals surface area (Å²) in [6.45, 7) is 9.48. The minimum absolute atomic E-state index is 0.0670. The van der Waals surface area contributed by atoms with Gasteiger partial charge in [0.15, 0.2) is 0 Å². The molecule has 1 aromatic rings. The second-order valence-electron chi connectivity index (χ2n) is 5.84. The minimum Gasteiger partial charge on any atom is -0.487 e. The quantitative estimate of drug-likeness (QED) is 0.877. The van der Waals surface area contributed by atoms with Crippen LogP contribution >= 0.6 is 0 Å². The maximum absolute atomic E-state index is 6.03. The molecule has 0 spiro atoms. The molecule has 0 bridgehead atoms. The molecule has 0 saturated carbocycles. The van der Waals surface area contributed by atoms with Gasteiger partial charge in [-0.3, -0.25) is 0 Å². The Hall–Kier alpha value is -1.28. The van der Waals surface area contributed by atoms with Gasteiger partial charge in [-0.1, -0.05) is 44.2 Å². The van der Waals surface area contributed by atoms with E-state index in [-0.39, 0.29) is 5.60 Å². The zero-order valence-electron chi connectivity index (χ0n) is 11.8. The Bertz CT molecular complexity index is 446. The fourth-order valence-corrected chi connectivity index (χ4v) is 2.26. The van der Waals surface area contributed by atoms with Gasteiger partial charge in [0.25, 0.3) is 0 Å². The summed E-state index contributed by atoms with van der Waals surface area (Å²) in [7, 11) is 0. The van der Waals surface area contributed by atoms with Crippen LogP contribution in [0.3, 0.4) is 0 Å². The molecule has 0 radical (unpaired) electrons. The first kappa shape index (κ1) is 13.2. The van der Waals surface area contributed by atoms with Gasteiger partial charge >= 0.3 is 0 Å². The molecule has 2 heteroatoms. The average molecular weight is 245 g/mol. The monoisotopic (exact) mass is 245 g/mol. The van der Waals surface area contributed by atoms with Gasteiger partial charge in [0.2, 0.25) is 0 Å². The van der Waals surface area contributed by atoms with Gasteiger partial charge in [-0.2, -0.15) is 0 Å². The summed E-state index contributed by atoms with van der Waals surface area (Å²) in [4.78, 5) is 0. The molecule has 1 heterocycles. The molecule has 0 saturated heterocycles. The van der Waals surface area contributed by atoms with Gasteiger partial charge in [-0.05, 0) is 19.4 Å². The third-order valence-corrected chi connectivity index (χ3v) is 3.06. The lowest BCUT2D eigenvalue weighted by molar-refractivity contribution is 0.138. The fourth-order valence-electron chi connectivity index (χ4n) is 2.26. The summed E-state index contributed by atoms with van der Waals surface area (Å²) in [6.07, 6.45) is 5.30. The van der Waals surface area contributed by atoms with E-state index >= 15 is 0 Å². The van der Waals surface area contributed by atoms with Crippen LogP contribution < -0.4 is 10.1 Å². The van der Waals surface area contributed by atoms with Crippen LogP contribution in [0.4, 0.5) is 0 Å². The van der Waals surface area contributed by atoms with Crippen LogP contribution in [-0.4, -0.2) is 18.2 Å². The number of rotatable bonds is 4. The SMILES string of the molecule is CC(C)NCC=Cc1cccc2c1OC(C)(C)C2. The second kappa shape index (κ2) is 5.15. The zero-order chi connectivity index (χ0) is 13.2. The van der Waals surface area contributed by atoms with Crippen LogP contribution in [0.1, 0.15) is 38.8 Å². The molecule has 1 N–H and O–H groups in total. The molecule has 0 atom stereocenters. The van der Waals surface area contributed by atoms with Crippen LogP contribution in [0.2, 0.25) is 0 Å². The maximum Gasteiger partial charge on any atom is 0.130 e. The van der Waals surface area contributed by atoms with E-state index in [4.69, 9.17) is 4.74 Å². The van der Waals surface area contributed by atoms with Crippen molar-refractivity contribution in [1.29, 1.82) is 0 Å². The Morgan fingerprint density at radius 1 is 1.39 bits per heavy atom. The minimum atomic E-state index is -0.0670.